The fourth-order valence-electron chi connectivity index (χ4n) is 2.00. The third-order valence-electron chi connectivity index (χ3n) is 3.13. The van der Waals surface area contributed by atoms with Crippen LogP contribution in [0.3, 0.4) is 0 Å². The first-order valence-corrected chi connectivity index (χ1v) is 6.90. The average Bonchev–Trinajstić information content (AvgIpc) is 2.35. The smallest absolute Gasteiger partial charge is 0.347 e. The zero-order valence-corrected chi connectivity index (χ0v) is 12.6. The lowest BCUT2D eigenvalue weighted by Gasteiger charge is -2.19. The Balaban J connectivity index is 2.93. The SMILES string of the molecule is CCCC(Oc1cc(C)cc(C)c1C)C(=O)OCC. The van der Waals surface area contributed by atoms with Crippen LogP contribution < -0.4 is 4.74 Å². The van der Waals surface area contributed by atoms with Crippen LogP contribution in [0.25, 0.3) is 0 Å². The molecule has 0 radical (unpaired) electrons. The van der Waals surface area contributed by atoms with E-state index < -0.39 is 6.10 Å². The van der Waals surface area contributed by atoms with Crippen LogP contribution in [0.1, 0.15) is 43.4 Å². The van der Waals surface area contributed by atoms with Crippen LogP contribution in [0.5, 0.6) is 5.75 Å². The molecule has 106 valence electrons. The third-order valence-corrected chi connectivity index (χ3v) is 3.13. The topological polar surface area (TPSA) is 35.5 Å². The summed E-state index contributed by atoms with van der Waals surface area (Å²) < 4.78 is 11.0. The van der Waals surface area contributed by atoms with E-state index in [2.05, 4.69) is 6.07 Å². The Labute approximate surface area is 115 Å². The first-order chi connectivity index (χ1) is 8.99. The van der Waals surface area contributed by atoms with Crippen LogP contribution in [0, 0.1) is 20.8 Å². The van der Waals surface area contributed by atoms with Crippen LogP contribution >= 0.6 is 0 Å². The highest BCUT2D eigenvalue weighted by atomic mass is 16.6. The van der Waals surface area contributed by atoms with E-state index in [1.807, 2.05) is 40.7 Å². The number of hydrogen-bond acceptors (Lipinski definition) is 3. The van der Waals surface area contributed by atoms with Crippen molar-refractivity contribution < 1.29 is 14.3 Å². The van der Waals surface area contributed by atoms with Gasteiger partial charge in [-0.3, -0.25) is 0 Å². The highest BCUT2D eigenvalue weighted by Crippen LogP contribution is 2.25. The molecule has 0 fully saturated rings. The van der Waals surface area contributed by atoms with Crippen molar-refractivity contribution in [2.24, 2.45) is 0 Å². The van der Waals surface area contributed by atoms with Gasteiger partial charge in [0.1, 0.15) is 5.75 Å². The van der Waals surface area contributed by atoms with E-state index in [-0.39, 0.29) is 5.97 Å². The molecule has 0 aliphatic carbocycles. The average molecular weight is 264 g/mol. The van der Waals surface area contributed by atoms with Crippen LogP contribution in [0.4, 0.5) is 0 Å². The molecule has 1 atom stereocenters. The number of hydrogen-bond donors (Lipinski definition) is 0. The summed E-state index contributed by atoms with van der Waals surface area (Å²) in [4.78, 5) is 11.9. The van der Waals surface area contributed by atoms with Gasteiger partial charge in [-0.15, -0.1) is 0 Å². The minimum Gasteiger partial charge on any atom is -0.478 e. The molecule has 1 unspecified atom stereocenters. The van der Waals surface area contributed by atoms with Gasteiger partial charge in [0.2, 0.25) is 0 Å². The predicted octanol–water partition coefficient (Wildman–Crippen LogP) is 3.72. The molecule has 0 aliphatic heterocycles. The molecule has 0 aromatic heterocycles. The van der Waals surface area contributed by atoms with Crippen molar-refractivity contribution in [3.63, 3.8) is 0 Å². The molecule has 0 saturated heterocycles. The fraction of sp³-hybridized carbons (Fsp3) is 0.562. The van der Waals surface area contributed by atoms with E-state index >= 15 is 0 Å². The Bertz CT molecular complexity index is 438. The molecule has 19 heavy (non-hydrogen) atoms. The number of ether oxygens (including phenoxy) is 2. The van der Waals surface area contributed by atoms with Gasteiger partial charge in [0.25, 0.3) is 0 Å². The lowest BCUT2D eigenvalue weighted by atomic mass is 10.1. The van der Waals surface area contributed by atoms with Gasteiger partial charge < -0.3 is 9.47 Å². The number of aryl methyl sites for hydroxylation is 2. The number of carbonyl (C=O) groups is 1. The van der Waals surface area contributed by atoms with E-state index in [0.717, 1.165) is 23.3 Å². The van der Waals surface area contributed by atoms with Crippen molar-refractivity contribution in [1.29, 1.82) is 0 Å². The molecule has 3 nitrogen and oxygen atoms in total. The molecule has 0 N–H and O–H groups in total. The summed E-state index contributed by atoms with van der Waals surface area (Å²) in [6.45, 7) is 10.3. The summed E-state index contributed by atoms with van der Waals surface area (Å²) in [5.41, 5.74) is 3.39. The van der Waals surface area contributed by atoms with Crippen LogP contribution in [-0.2, 0) is 9.53 Å². The molecular formula is C16H24O3. The monoisotopic (exact) mass is 264 g/mol. The number of benzene rings is 1. The van der Waals surface area contributed by atoms with Gasteiger partial charge in [0, 0.05) is 0 Å². The fourth-order valence-corrected chi connectivity index (χ4v) is 2.00. The Hall–Kier alpha value is -1.51. The summed E-state index contributed by atoms with van der Waals surface area (Å²) in [5.74, 6) is 0.506. The van der Waals surface area contributed by atoms with Gasteiger partial charge in [0.15, 0.2) is 6.10 Å². The van der Waals surface area contributed by atoms with Gasteiger partial charge >= 0.3 is 5.97 Å². The van der Waals surface area contributed by atoms with Gasteiger partial charge in [-0.1, -0.05) is 19.4 Å². The second kappa shape index (κ2) is 7.17. The van der Waals surface area contributed by atoms with Gasteiger partial charge in [0.05, 0.1) is 6.61 Å². The summed E-state index contributed by atoms with van der Waals surface area (Å²) in [6.07, 6.45) is 1.04. The Morgan fingerprint density at radius 1 is 1.21 bits per heavy atom. The van der Waals surface area contributed by atoms with Gasteiger partial charge in [-0.2, -0.15) is 0 Å². The standard InChI is InChI=1S/C16H24O3/c1-6-8-14(16(17)18-7-2)19-15-10-11(3)9-12(4)13(15)5/h9-10,14H,6-8H2,1-5H3. The molecule has 1 aromatic rings. The maximum absolute atomic E-state index is 11.9. The molecule has 1 aromatic carbocycles. The quantitative estimate of drug-likeness (QED) is 0.734. The lowest BCUT2D eigenvalue weighted by molar-refractivity contribution is -0.151. The van der Waals surface area contributed by atoms with E-state index in [4.69, 9.17) is 9.47 Å². The third kappa shape index (κ3) is 4.27. The zero-order valence-electron chi connectivity index (χ0n) is 12.6. The Morgan fingerprint density at radius 3 is 2.47 bits per heavy atom. The molecule has 3 heteroatoms. The van der Waals surface area contributed by atoms with Crippen molar-refractivity contribution in [3.8, 4) is 5.75 Å². The van der Waals surface area contributed by atoms with E-state index in [0.29, 0.717) is 13.0 Å². The summed E-state index contributed by atoms with van der Waals surface area (Å²) in [6, 6.07) is 4.09. The number of carbonyl (C=O) groups excluding carboxylic acids is 1. The van der Waals surface area contributed by atoms with E-state index in [9.17, 15) is 4.79 Å². The predicted molar refractivity (Wildman–Crippen MR) is 76.6 cm³/mol. The second-order valence-electron chi connectivity index (χ2n) is 4.85. The van der Waals surface area contributed by atoms with E-state index in [1.165, 1.54) is 5.56 Å². The zero-order chi connectivity index (χ0) is 14.4. The highest BCUT2D eigenvalue weighted by molar-refractivity contribution is 5.75. The number of rotatable bonds is 6. The van der Waals surface area contributed by atoms with Crippen molar-refractivity contribution in [2.75, 3.05) is 6.61 Å². The Kier molecular flexibility index (Phi) is 5.87. The first-order valence-electron chi connectivity index (χ1n) is 6.90. The van der Waals surface area contributed by atoms with Crippen molar-refractivity contribution in [3.05, 3.63) is 28.8 Å². The van der Waals surface area contributed by atoms with Crippen LogP contribution in [0.15, 0.2) is 12.1 Å². The van der Waals surface area contributed by atoms with Crippen molar-refractivity contribution in [1.82, 2.24) is 0 Å². The maximum atomic E-state index is 11.9. The molecule has 0 spiro atoms. The van der Waals surface area contributed by atoms with Gasteiger partial charge in [-0.05, 0) is 56.9 Å². The summed E-state index contributed by atoms with van der Waals surface area (Å²) in [5, 5.41) is 0. The first kappa shape index (κ1) is 15.5. The second-order valence-corrected chi connectivity index (χ2v) is 4.85. The molecule has 0 amide bonds. The molecule has 0 heterocycles. The molecule has 1 rings (SSSR count). The normalized spacial score (nSPS) is 12.1. The minimum atomic E-state index is -0.509. The minimum absolute atomic E-state index is 0.275. The maximum Gasteiger partial charge on any atom is 0.347 e. The molecule has 0 saturated carbocycles. The molecule has 0 aliphatic rings. The van der Waals surface area contributed by atoms with Crippen LogP contribution in [-0.4, -0.2) is 18.7 Å². The van der Waals surface area contributed by atoms with Gasteiger partial charge in [-0.25, -0.2) is 4.79 Å². The van der Waals surface area contributed by atoms with E-state index in [1.54, 1.807) is 0 Å². The summed E-state index contributed by atoms with van der Waals surface area (Å²) >= 11 is 0. The lowest BCUT2D eigenvalue weighted by Crippen LogP contribution is -2.29. The highest BCUT2D eigenvalue weighted by Gasteiger charge is 2.21. The molecule has 0 bridgehead atoms. The molecular weight excluding hydrogens is 240 g/mol. The largest absolute Gasteiger partial charge is 0.478 e. The van der Waals surface area contributed by atoms with Crippen LogP contribution in [0.2, 0.25) is 0 Å². The number of esters is 1. The Morgan fingerprint density at radius 2 is 1.89 bits per heavy atom. The van der Waals surface area contributed by atoms with Crippen molar-refractivity contribution >= 4 is 5.97 Å². The van der Waals surface area contributed by atoms with Crippen molar-refractivity contribution in [2.45, 2.75) is 53.6 Å². The summed E-state index contributed by atoms with van der Waals surface area (Å²) in [7, 11) is 0.